The highest BCUT2D eigenvalue weighted by Gasteiger charge is 2.06. The van der Waals surface area contributed by atoms with Gasteiger partial charge in [-0.2, -0.15) is 0 Å². The molecule has 4 heteroatoms. The Bertz CT molecular complexity index is 586. The first-order valence-electron chi connectivity index (χ1n) is 6.99. The van der Waals surface area contributed by atoms with Crippen LogP contribution in [0.25, 0.3) is 0 Å². The first-order chi connectivity index (χ1) is 10.1. The van der Waals surface area contributed by atoms with E-state index >= 15 is 0 Å². The lowest BCUT2D eigenvalue weighted by atomic mass is 10.1. The van der Waals surface area contributed by atoms with E-state index in [1.807, 2.05) is 42.5 Å². The summed E-state index contributed by atoms with van der Waals surface area (Å²) in [6.45, 7) is 2.75. The van der Waals surface area contributed by atoms with Crippen molar-refractivity contribution in [2.45, 2.75) is 19.4 Å². The molecule has 21 heavy (non-hydrogen) atoms. The van der Waals surface area contributed by atoms with Crippen LogP contribution in [0.4, 0.5) is 5.69 Å². The molecule has 1 atom stereocenters. The third-order valence-corrected chi connectivity index (χ3v) is 3.70. The predicted octanol–water partition coefficient (Wildman–Crippen LogP) is 4.13. The van der Waals surface area contributed by atoms with Crippen LogP contribution in [0.15, 0.2) is 59.1 Å². The van der Waals surface area contributed by atoms with E-state index in [0.29, 0.717) is 13.0 Å². The Hall–Kier alpha value is -1.65. The second-order valence-electron chi connectivity index (χ2n) is 4.90. The third kappa shape index (κ3) is 5.33. The average molecular weight is 347 g/mol. The molecule has 2 aromatic rings. The van der Waals surface area contributed by atoms with Gasteiger partial charge in [0.15, 0.2) is 0 Å². The Labute approximate surface area is 133 Å². The molecule has 3 nitrogen and oxygen atoms in total. The summed E-state index contributed by atoms with van der Waals surface area (Å²) in [5.74, 6) is 0.0147. The van der Waals surface area contributed by atoms with Crippen molar-refractivity contribution in [3.8, 4) is 0 Å². The first-order valence-corrected chi connectivity index (χ1v) is 7.78. The number of benzene rings is 2. The summed E-state index contributed by atoms with van der Waals surface area (Å²) in [5.41, 5.74) is 2.04. The second-order valence-corrected chi connectivity index (χ2v) is 5.81. The number of nitrogens with one attached hydrogen (secondary N) is 2. The fourth-order valence-corrected chi connectivity index (χ4v) is 2.45. The zero-order valence-corrected chi connectivity index (χ0v) is 13.6. The molecule has 2 aromatic carbocycles. The van der Waals surface area contributed by atoms with Crippen LogP contribution in [-0.4, -0.2) is 12.5 Å². The van der Waals surface area contributed by atoms with Gasteiger partial charge in [-0.15, -0.1) is 0 Å². The summed E-state index contributed by atoms with van der Waals surface area (Å²) in [6.07, 6.45) is 0.448. The molecule has 0 spiro atoms. The van der Waals surface area contributed by atoms with Crippen molar-refractivity contribution in [1.29, 1.82) is 0 Å². The summed E-state index contributed by atoms with van der Waals surface area (Å²) in [4.78, 5) is 11.9. The van der Waals surface area contributed by atoms with Gasteiger partial charge in [-0.05, 0) is 30.7 Å². The number of halogens is 1. The molecule has 0 aliphatic carbocycles. The van der Waals surface area contributed by atoms with Crippen LogP contribution >= 0.6 is 15.9 Å². The molecule has 0 fully saturated rings. The average Bonchev–Trinajstić information content (AvgIpc) is 2.48. The molecule has 0 heterocycles. The fraction of sp³-hybridized carbons (Fsp3) is 0.235. The van der Waals surface area contributed by atoms with E-state index in [-0.39, 0.29) is 11.9 Å². The number of carbonyl (C=O) groups is 1. The maximum absolute atomic E-state index is 11.9. The molecule has 110 valence electrons. The maximum atomic E-state index is 11.9. The van der Waals surface area contributed by atoms with Gasteiger partial charge in [0.05, 0.1) is 0 Å². The monoisotopic (exact) mass is 346 g/mol. The van der Waals surface area contributed by atoms with Gasteiger partial charge in [0.25, 0.3) is 0 Å². The van der Waals surface area contributed by atoms with E-state index in [2.05, 4.69) is 45.6 Å². The standard InChI is InChI=1S/C17H19BrN2O/c1-13(14-6-3-2-4-7-14)19-11-10-17(21)20-16-9-5-8-15(18)12-16/h2-9,12-13,19H,10-11H2,1H3,(H,20,21). The molecule has 0 aliphatic rings. The number of amides is 1. The molecule has 0 radical (unpaired) electrons. The van der Waals surface area contributed by atoms with Crippen molar-refractivity contribution in [3.63, 3.8) is 0 Å². The van der Waals surface area contributed by atoms with Crippen molar-refractivity contribution in [1.82, 2.24) is 5.32 Å². The van der Waals surface area contributed by atoms with Gasteiger partial charge in [0.1, 0.15) is 0 Å². The Morgan fingerprint density at radius 2 is 1.90 bits per heavy atom. The molecule has 0 aromatic heterocycles. The zero-order valence-electron chi connectivity index (χ0n) is 12.0. The minimum atomic E-state index is 0.0147. The predicted molar refractivity (Wildman–Crippen MR) is 90.2 cm³/mol. The Morgan fingerprint density at radius 3 is 2.62 bits per heavy atom. The minimum Gasteiger partial charge on any atom is -0.326 e. The largest absolute Gasteiger partial charge is 0.326 e. The molecule has 0 bridgehead atoms. The highest BCUT2D eigenvalue weighted by Crippen LogP contribution is 2.16. The summed E-state index contributed by atoms with van der Waals surface area (Å²) >= 11 is 3.39. The summed E-state index contributed by atoms with van der Waals surface area (Å²) < 4.78 is 0.955. The van der Waals surface area contributed by atoms with Crippen molar-refractivity contribution in [2.75, 3.05) is 11.9 Å². The zero-order chi connectivity index (χ0) is 15.1. The smallest absolute Gasteiger partial charge is 0.225 e. The van der Waals surface area contributed by atoms with Crippen LogP contribution in [0.5, 0.6) is 0 Å². The lowest BCUT2D eigenvalue weighted by Crippen LogP contribution is -2.24. The summed E-state index contributed by atoms with van der Waals surface area (Å²) in [5, 5.41) is 6.24. The Morgan fingerprint density at radius 1 is 1.14 bits per heavy atom. The molecule has 0 saturated carbocycles. The number of hydrogen-bond donors (Lipinski definition) is 2. The lowest BCUT2D eigenvalue weighted by molar-refractivity contribution is -0.116. The van der Waals surface area contributed by atoms with E-state index in [4.69, 9.17) is 0 Å². The molecular formula is C17H19BrN2O. The third-order valence-electron chi connectivity index (χ3n) is 3.21. The van der Waals surface area contributed by atoms with Gasteiger partial charge < -0.3 is 10.6 Å². The van der Waals surface area contributed by atoms with Gasteiger partial charge in [0.2, 0.25) is 5.91 Å². The van der Waals surface area contributed by atoms with Crippen molar-refractivity contribution < 1.29 is 4.79 Å². The van der Waals surface area contributed by atoms with E-state index < -0.39 is 0 Å². The van der Waals surface area contributed by atoms with Gasteiger partial charge in [-0.3, -0.25) is 4.79 Å². The second kappa shape index (κ2) is 7.96. The first kappa shape index (κ1) is 15.7. The number of hydrogen-bond acceptors (Lipinski definition) is 2. The highest BCUT2D eigenvalue weighted by molar-refractivity contribution is 9.10. The van der Waals surface area contributed by atoms with Crippen LogP contribution in [0, 0.1) is 0 Å². The SMILES string of the molecule is CC(NCCC(=O)Nc1cccc(Br)c1)c1ccccc1. The lowest BCUT2D eigenvalue weighted by Gasteiger charge is -2.14. The van der Waals surface area contributed by atoms with E-state index in [9.17, 15) is 4.79 Å². The van der Waals surface area contributed by atoms with Gasteiger partial charge >= 0.3 is 0 Å². The van der Waals surface area contributed by atoms with E-state index in [1.54, 1.807) is 0 Å². The van der Waals surface area contributed by atoms with Gasteiger partial charge in [0, 0.05) is 29.2 Å². The topological polar surface area (TPSA) is 41.1 Å². The summed E-state index contributed by atoms with van der Waals surface area (Å²) in [7, 11) is 0. The van der Waals surface area contributed by atoms with E-state index in [1.165, 1.54) is 5.56 Å². The van der Waals surface area contributed by atoms with Gasteiger partial charge in [-0.25, -0.2) is 0 Å². The van der Waals surface area contributed by atoms with Gasteiger partial charge in [-0.1, -0.05) is 52.3 Å². The van der Waals surface area contributed by atoms with Crippen LogP contribution in [0.3, 0.4) is 0 Å². The van der Waals surface area contributed by atoms with Crippen molar-refractivity contribution >= 4 is 27.5 Å². The van der Waals surface area contributed by atoms with Crippen LogP contribution < -0.4 is 10.6 Å². The van der Waals surface area contributed by atoms with Crippen LogP contribution in [0.1, 0.15) is 24.9 Å². The molecule has 2 rings (SSSR count). The molecule has 0 aliphatic heterocycles. The highest BCUT2D eigenvalue weighted by atomic mass is 79.9. The molecular weight excluding hydrogens is 328 g/mol. The van der Waals surface area contributed by atoms with Crippen LogP contribution in [0.2, 0.25) is 0 Å². The Kier molecular flexibility index (Phi) is 5.96. The van der Waals surface area contributed by atoms with E-state index in [0.717, 1.165) is 10.2 Å². The maximum Gasteiger partial charge on any atom is 0.225 e. The van der Waals surface area contributed by atoms with Crippen molar-refractivity contribution in [2.24, 2.45) is 0 Å². The molecule has 0 saturated heterocycles. The van der Waals surface area contributed by atoms with Crippen LogP contribution in [-0.2, 0) is 4.79 Å². The molecule has 2 N–H and O–H groups in total. The number of rotatable bonds is 6. The number of anilines is 1. The normalized spacial score (nSPS) is 11.9. The molecule has 1 amide bonds. The fourth-order valence-electron chi connectivity index (χ4n) is 2.05. The van der Waals surface area contributed by atoms with Crippen molar-refractivity contribution in [3.05, 3.63) is 64.6 Å². The quantitative estimate of drug-likeness (QED) is 0.825. The summed E-state index contributed by atoms with van der Waals surface area (Å²) in [6, 6.07) is 18.0. The number of carbonyl (C=O) groups excluding carboxylic acids is 1. The Balaban J connectivity index is 1.74. The molecule has 1 unspecified atom stereocenters. The minimum absolute atomic E-state index is 0.0147.